The maximum Gasteiger partial charge on any atom is 0.0992 e. The van der Waals surface area contributed by atoms with Crippen molar-refractivity contribution in [3.8, 4) is 40.1 Å². The molecule has 0 saturated carbocycles. The Morgan fingerprint density at radius 1 is 0.600 bits per heavy atom. The number of hydrogen-bond donors (Lipinski definition) is 0. The van der Waals surface area contributed by atoms with Crippen LogP contribution in [0.1, 0.15) is 36.1 Å². The fourth-order valence-electron chi connectivity index (χ4n) is 7.52. The van der Waals surface area contributed by atoms with E-state index in [2.05, 4.69) is 103 Å². The third-order valence-corrected chi connectivity index (χ3v) is 10.9. The Morgan fingerprint density at radius 2 is 1.36 bits per heavy atom. The second-order valence-electron chi connectivity index (χ2n) is 12.4. The minimum absolute atomic E-state index is 0.0326. The fourth-order valence-corrected chi connectivity index (χ4v) is 8.76. The molecule has 0 amide bonds. The molecule has 0 bridgehead atoms. The molecule has 3 nitrogen and oxygen atoms in total. The summed E-state index contributed by atoms with van der Waals surface area (Å²) in [7, 11) is 0. The largest absolute Gasteiger partial charge is 0.309 e. The lowest BCUT2D eigenvalue weighted by atomic mass is 9.82. The number of para-hydroxylation sites is 1. The van der Waals surface area contributed by atoms with E-state index in [9.17, 15) is 10.5 Å². The molecule has 0 spiro atoms. The van der Waals surface area contributed by atoms with Crippen LogP contribution in [0.25, 0.3) is 69.9 Å². The standard InChI is InChI=1S/C41H25N3S/c1-41(2)33-9-5-3-8-30(33)39-34(41)16-15-29-32-21-26(13-18-38(32)45-40(29)39)27-14-11-25(23-43)20-37(27)44-35-10-6-4-7-28(35)31-19-24(22-42)12-17-36(31)44/h3-21H,1-2H3. The minimum atomic E-state index is -0.0326. The normalized spacial score (nSPS) is 13.2. The summed E-state index contributed by atoms with van der Waals surface area (Å²) in [6.45, 7) is 4.66. The van der Waals surface area contributed by atoms with Crippen molar-refractivity contribution in [3.05, 3.63) is 138 Å². The third-order valence-electron chi connectivity index (χ3n) is 9.66. The van der Waals surface area contributed by atoms with Gasteiger partial charge in [0.1, 0.15) is 0 Å². The van der Waals surface area contributed by atoms with Crippen molar-refractivity contribution >= 4 is 53.3 Å². The summed E-state index contributed by atoms with van der Waals surface area (Å²) in [4.78, 5) is 0. The molecule has 210 valence electrons. The molecule has 0 fully saturated rings. The summed E-state index contributed by atoms with van der Waals surface area (Å²) in [5, 5.41) is 24.2. The van der Waals surface area contributed by atoms with Crippen molar-refractivity contribution in [2.24, 2.45) is 0 Å². The molecular weight excluding hydrogens is 567 g/mol. The zero-order chi connectivity index (χ0) is 30.4. The SMILES string of the molecule is CC1(C)c2ccccc2-c2c1ccc1c2sc2ccc(-c3ccc(C#N)cc3-n3c4ccccc4c4cc(C#N)ccc43)cc21. The van der Waals surface area contributed by atoms with E-state index >= 15 is 0 Å². The van der Waals surface area contributed by atoms with Gasteiger partial charge < -0.3 is 4.57 Å². The number of nitrogens with zero attached hydrogens (tertiary/aromatic N) is 3. The van der Waals surface area contributed by atoms with Crippen molar-refractivity contribution in [2.45, 2.75) is 19.3 Å². The predicted molar refractivity (Wildman–Crippen MR) is 186 cm³/mol. The molecular formula is C41H25N3S. The number of fused-ring (bicyclic) bond motifs is 10. The average Bonchev–Trinajstić information content (AvgIpc) is 3.69. The van der Waals surface area contributed by atoms with Crippen LogP contribution in [-0.2, 0) is 5.41 Å². The maximum atomic E-state index is 9.94. The zero-order valence-corrected chi connectivity index (χ0v) is 25.5. The molecule has 2 heterocycles. The summed E-state index contributed by atoms with van der Waals surface area (Å²) in [5.74, 6) is 0. The van der Waals surface area contributed by atoms with E-state index in [1.165, 1.54) is 42.4 Å². The van der Waals surface area contributed by atoms with Gasteiger partial charge in [-0.2, -0.15) is 10.5 Å². The second kappa shape index (κ2) is 9.16. The Bertz CT molecular complexity index is 2650. The number of thiophene rings is 1. The highest BCUT2D eigenvalue weighted by molar-refractivity contribution is 7.26. The topological polar surface area (TPSA) is 52.5 Å². The van der Waals surface area contributed by atoms with Crippen molar-refractivity contribution in [3.63, 3.8) is 0 Å². The zero-order valence-electron chi connectivity index (χ0n) is 24.7. The molecule has 6 aromatic carbocycles. The summed E-state index contributed by atoms with van der Waals surface area (Å²) < 4.78 is 4.85. The predicted octanol–water partition coefficient (Wildman–Crippen LogP) is 10.9. The van der Waals surface area contributed by atoms with E-state index in [1.54, 1.807) is 0 Å². The van der Waals surface area contributed by atoms with Gasteiger partial charge in [-0.1, -0.05) is 80.6 Å². The lowest BCUT2D eigenvalue weighted by Crippen LogP contribution is -2.14. The quantitative estimate of drug-likeness (QED) is 0.201. The lowest BCUT2D eigenvalue weighted by Gasteiger charge is -2.21. The first-order valence-corrected chi connectivity index (χ1v) is 15.9. The van der Waals surface area contributed by atoms with Crippen LogP contribution in [0.4, 0.5) is 0 Å². The van der Waals surface area contributed by atoms with Crippen LogP contribution in [0, 0.1) is 22.7 Å². The first-order valence-electron chi connectivity index (χ1n) is 15.1. The van der Waals surface area contributed by atoms with Crippen molar-refractivity contribution in [2.75, 3.05) is 0 Å². The molecule has 45 heavy (non-hydrogen) atoms. The monoisotopic (exact) mass is 591 g/mol. The Hall–Kier alpha value is -5.68. The highest BCUT2D eigenvalue weighted by Crippen LogP contribution is 2.54. The molecule has 0 unspecified atom stereocenters. The Morgan fingerprint density at radius 3 is 2.22 bits per heavy atom. The van der Waals surface area contributed by atoms with Gasteiger partial charge in [0.05, 0.1) is 40.0 Å². The first-order chi connectivity index (χ1) is 22.0. The highest BCUT2D eigenvalue weighted by atomic mass is 32.1. The molecule has 0 atom stereocenters. The van der Waals surface area contributed by atoms with Gasteiger partial charge in [0.2, 0.25) is 0 Å². The number of nitriles is 2. The van der Waals surface area contributed by atoms with Gasteiger partial charge in [-0.05, 0) is 70.8 Å². The molecule has 1 aliphatic carbocycles. The van der Waals surface area contributed by atoms with E-state index in [-0.39, 0.29) is 5.41 Å². The van der Waals surface area contributed by atoms with E-state index in [4.69, 9.17) is 0 Å². The molecule has 8 aromatic rings. The minimum Gasteiger partial charge on any atom is -0.309 e. The van der Waals surface area contributed by atoms with Crippen LogP contribution in [-0.4, -0.2) is 4.57 Å². The summed E-state index contributed by atoms with van der Waals surface area (Å²) in [6.07, 6.45) is 0. The average molecular weight is 592 g/mol. The van der Waals surface area contributed by atoms with Crippen molar-refractivity contribution in [1.29, 1.82) is 10.5 Å². The van der Waals surface area contributed by atoms with E-state index in [0.717, 1.165) is 38.6 Å². The van der Waals surface area contributed by atoms with E-state index in [0.29, 0.717) is 11.1 Å². The molecule has 0 radical (unpaired) electrons. The number of hydrogen-bond acceptors (Lipinski definition) is 3. The lowest BCUT2D eigenvalue weighted by molar-refractivity contribution is 0.661. The second-order valence-corrected chi connectivity index (χ2v) is 13.4. The Kier molecular flexibility index (Phi) is 5.25. The number of aromatic nitrogens is 1. The summed E-state index contributed by atoms with van der Waals surface area (Å²) in [6, 6.07) is 45.0. The first kappa shape index (κ1) is 25.8. The van der Waals surface area contributed by atoms with Crippen LogP contribution >= 0.6 is 11.3 Å². The molecule has 0 aliphatic heterocycles. The van der Waals surface area contributed by atoms with Gasteiger partial charge in [0.15, 0.2) is 0 Å². The van der Waals surface area contributed by atoms with Gasteiger partial charge in [-0.15, -0.1) is 11.3 Å². The van der Waals surface area contributed by atoms with Crippen molar-refractivity contribution < 1.29 is 0 Å². The molecule has 4 heteroatoms. The molecule has 9 rings (SSSR count). The summed E-state index contributed by atoms with van der Waals surface area (Å²) in [5.41, 5.74) is 11.8. The number of benzene rings is 6. The number of rotatable bonds is 2. The van der Waals surface area contributed by atoms with Gasteiger partial charge >= 0.3 is 0 Å². The fraction of sp³-hybridized carbons (Fsp3) is 0.0732. The molecule has 1 aliphatic rings. The molecule has 0 N–H and O–H groups in total. The van der Waals surface area contributed by atoms with Crippen LogP contribution in [0.3, 0.4) is 0 Å². The summed E-state index contributed by atoms with van der Waals surface area (Å²) >= 11 is 1.88. The smallest absolute Gasteiger partial charge is 0.0992 e. The van der Waals surface area contributed by atoms with Crippen LogP contribution < -0.4 is 0 Å². The highest BCUT2D eigenvalue weighted by Gasteiger charge is 2.36. The third kappa shape index (κ3) is 3.49. The van der Waals surface area contributed by atoms with E-state index in [1.807, 2.05) is 53.8 Å². The van der Waals surface area contributed by atoms with Gasteiger partial charge in [0, 0.05) is 47.5 Å². The van der Waals surface area contributed by atoms with Gasteiger partial charge in [-0.3, -0.25) is 0 Å². The van der Waals surface area contributed by atoms with Gasteiger partial charge in [-0.25, -0.2) is 0 Å². The Labute approximate surface area is 264 Å². The molecule has 2 aromatic heterocycles. The van der Waals surface area contributed by atoms with Crippen LogP contribution in [0.5, 0.6) is 0 Å². The Balaban J connectivity index is 1.31. The van der Waals surface area contributed by atoms with Gasteiger partial charge in [0.25, 0.3) is 0 Å². The maximum absolute atomic E-state index is 9.94. The molecule has 0 saturated heterocycles. The van der Waals surface area contributed by atoms with Crippen LogP contribution in [0.2, 0.25) is 0 Å². The van der Waals surface area contributed by atoms with Crippen molar-refractivity contribution in [1.82, 2.24) is 4.57 Å². The van der Waals surface area contributed by atoms with E-state index < -0.39 is 0 Å². The van der Waals surface area contributed by atoms with Crippen LogP contribution in [0.15, 0.2) is 115 Å².